The zero-order valence-electron chi connectivity index (χ0n) is 12.6. The van der Waals surface area contributed by atoms with Gasteiger partial charge in [0, 0.05) is 31.4 Å². The van der Waals surface area contributed by atoms with Crippen LogP contribution in [0.4, 0.5) is 0 Å². The molecule has 1 heterocycles. The molecule has 0 saturated carbocycles. The van der Waals surface area contributed by atoms with Crippen LogP contribution in [-0.2, 0) is 20.0 Å². The second-order valence-corrected chi connectivity index (χ2v) is 6.52. The summed E-state index contributed by atoms with van der Waals surface area (Å²) < 4.78 is 1.86. The molecule has 1 N–H and O–H groups in total. The summed E-state index contributed by atoms with van der Waals surface area (Å²) in [5.74, 6) is 0. The molecular weight excluding hydrogens is 246 g/mol. The van der Waals surface area contributed by atoms with Crippen LogP contribution in [0.25, 0.3) is 0 Å². The van der Waals surface area contributed by atoms with Crippen molar-refractivity contribution in [3.05, 3.63) is 53.3 Å². The Morgan fingerprint density at radius 3 is 2.90 bits per heavy atom. The average Bonchev–Trinajstić information content (AvgIpc) is 2.83. The van der Waals surface area contributed by atoms with Gasteiger partial charge in [-0.25, -0.2) is 0 Å². The SMILES string of the molecule is Cn1cc(CNC2c3ccccc3CCC2(C)C)cn1. The number of aromatic nitrogens is 2. The maximum Gasteiger partial charge on any atom is 0.0534 e. The minimum Gasteiger partial charge on any atom is -0.305 e. The molecule has 0 amide bonds. The monoisotopic (exact) mass is 269 g/mol. The first kappa shape index (κ1) is 13.4. The maximum absolute atomic E-state index is 4.24. The van der Waals surface area contributed by atoms with E-state index < -0.39 is 0 Å². The lowest BCUT2D eigenvalue weighted by Crippen LogP contribution is -2.37. The van der Waals surface area contributed by atoms with Crippen LogP contribution in [0, 0.1) is 5.41 Å². The van der Waals surface area contributed by atoms with Gasteiger partial charge in [0.15, 0.2) is 0 Å². The molecule has 0 aliphatic heterocycles. The number of nitrogens with one attached hydrogen (secondary N) is 1. The summed E-state index contributed by atoms with van der Waals surface area (Å²) in [6.07, 6.45) is 6.44. The number of hydrogen-bond acceptors (Lipinski definition) is 2. The Morgan fingerprint density at radius 1 is 1.35 bits per heavy atom. The highest BCUT2D eigenvalue weighted by molar-refractivity contribution is 5.34. The molecule has 0 spiro atoms. The number of nitrogens with zero attached hydrogens (tertiary/aromatic N) is 2. The van der Waals surface area contributed by atoms with Gasteiger partial charge in [0.1, 0.15) is 0 Å². The molecule has 3 rings (SSSR count). The van der Waals surface area contributed by atoms with E-state index in [1.807, 2.05) is 17.9 Å². The van der Waals surface area contributed by atoms with Gasteiger partial charge in [0.25, 0.3) is 0 Å². The van der Waals surface area contributed by atoms with Gasteiger partial charge in [-0.1, -0.05) is 38.1 Å². The predicted octanol–water partition coefficient (Wildman–Crippen LogP) is 3.22. The van der Waals surface area contributed by atoms with Crippen molar-refractivity contribution in [1.82, 2.24) is 15.1 Å². The Morgan fingerprint density at radius 2 is 2.15 bits per heavy atom. The average molecular weight is 269 g/mol. The van der Waals surface area contributed by atoms with Gasteiger partial charge in [0.2, 0.25) is 0 Å². The van der Waals surface area contributed by atoms with Gasteiger partial charge in [-0.2, -0.15) is 5.10 Å². The lowest BCUT2D eigenvalue weighted by Gasteiger charge is -2.40. The number of aryl methyl sites for hydroxylation is 2. The van der Waals surface area contributed by atoms with E-state index in [1.54, 1.807) is 0 Å². The van der Waals surface area contributed by atoms with Crippen LogP contribution in [0.1, 0.15) is 43.0 Å². The molecule has 1 unspecified atom stereocenters. The first-order valence-electron chi connectivity index (χ1n) is 7.35. The van der Waals surface area contributed by atoms with Crippen molar-refractivity contribution in [2.24, 2.45) is 12.5 Å². The summed E-state index contributed by atoms with van der Waals surface area (Å²) in [7, 11) is 1.96. The fraction of sp³-hybridized carbons (Fsp3) is 0.471. The van der Waals surface area contributed by atoms with Crippen LogP contribution in [0.15, 0.2) is 36.7 Å². The predicted molar refractivity (Wildman–Crippen MR) is 81.3 cm³/mol. The molecule has 1 aliphatic carbocycles. The first-order valence-corrected chi connectivity index (χ1v) is 7.35. The van der Waals surface area contributed by atoms with E-state index >= 15 is 0 Å². The highest BCUT2D eigenvalue weighted by Gasteiger charge is 2.35. The Labute approximate surface area is 121 Å². The molecule has 3 heteroatoms. The second-order valence-electron chi connectivity index (χ2n) is 6.52. The molecule has 1 aliphatic rings. The molecule has 20 heavy (non-hydrogen) atoms. The molecule has 0 saturated heterocycles. The van der Waals surface area contributed by atoms with E-state index in [-0.39, 0.29) is 5.41 Å². The number of rotatable bonds is 3. The van der Waals surface area contributed by atoms with E-state index in [1.165, 1.54) is 29.5 Å². The molecule has 1 aromatic carbocycles. The lowest BCUT2D eigenvalue weighted by atomic mass is 9.70. The van der Waals surface area contributed by atoms with Crippen LogP contribution in [0.2, 0.25) is 0 Å². The summed E-state index contributed by atoms with van der Waals surface area (Å²) in [5, 5.41) is 7.98. The molecular formula is C17H23N3. The summed E-state index contributed by atoms with van der Waals surface area (Å²) in [5.41, 5.74) is 4.49. The fourth-order valence-corrected chi connectivity index (χ4v) is 3.23. The van der Waals surface area contributed by atoms with E-state index in [2.05, 4.69) is 54.7 Å². The lowest BCUT2D eigenvalue weighted by molar-refractivity contribution is 0.208. The van der Waals surface area contributed by atoms with Crippen molar-refractivity contribution in [1.29, 1.82) is 0 Å². The van der Waals surface area contributed by atoms with Gasteiger partial charge in [-0.15, -0.1) is 0 Å². The largest absolute Gasteiger partial charge is 0.305 e. The highest BCUT2D eigenvalue weighted by Crippen LogP contribution is 2.43. The normalized spacial score (nSPS) is 20.6. The minimum absolute atomic E-state index is 0.288. The van der Waals surface area contributed by atoms with Crippen LogP contribution in [0.3, 0.4) is 0 Å². The zero-order chi connectivity index (χ0) is 14.2. The maximum atomic E-state index is 4.24. The number of fused-ring (bicyclic) bond motifs is 1. The van der Waals surface area contributed by atoms with E-state index in [0.29, 0.717) is 6.04 Å². The summed E-state index contributed by atoms with van der Waals surface area (Å²) in [6.45, 7) is 5.60. The third-order valence-electron chi connectivity index (χ3n) is 4.45. The second kappa shape index (κ2) is 5.06. The van der Waals surface area contributed by atoms with Crippen molar-refractivity contribution < 1.29 is 0 Å². The smallest absolute Gasteiger partial charge is 0.0534 e. The summed E-state index contributed by atoms with van der Waals surface area (Å²) in [6, 6.07) is 9.25. The zero-order valence-corrected chi connectivity index (χ0v) is 12.6. The van der Waals surface area contributed by atoms with Crippen molar-refractivity contribution in [3.63, 3.8) is 0 Å². The molecule has 0 bridgehead atoms. The third kappa shape index (κ3) is 2.50. The summed E-state index contributed by atoms with van der Waals surface area (Å²) >= 11 is 0. The van der Waals surface area contributed by atoms with Crippen LogP contribution >= 0.6 is 0 Å². The van der Waals surface area contributed by atoms with Crippen LogP contribution < -0.4 is 5.32 Å². The number of hydrogen-bond donors (Lipinski definition) is 1. The molecule has 1 atom stereocenters. The van der Waals surface area contributed by atoms with E-state index in [0.717, 1.165) is 6.54 Å². The van der Waals surface area contributed by atoms with Gasteiger partial charge >= 0.3 is 0 Å². The van der Waals surface area contributed by atoms with Gasteiger partial charge < -0.3 is 5.32 Å². The Hall–Kier alpha value is -1.61. The van der Waals surface area contributed by atoms with Crippen molar-refractivity contribution in [2.75, 3.05) is 0 Å². The van der Waals surface area contributed by atoms with Gasteiger partial charge in [0.05, 0.1) is 6.20 Å². The quantitative estimate of drug-likeness (QED) is 0.927. The topological polar surface area (TPSA) is 29.9 Å². The highest BCUT2D eigenvalue weighted by atomic mass is 15.2. The molecule has 3 nitrogen and oxygen atoms in total. The standard InChI is InChI=1S/C17H23N3/c1-17(2)9-8-14-6-4-5-7-15(14)16(17)18-10-13-11-19-20(3)12-13/h4-7,11-12,16,18H,8-10H2,1-3H3. The summed E-state index contributed by atoms with van der Waals surface area (Å²) in [4.78, 5) is 0. The minimum atomic E-state index is 0.288. The Kier molecular flexibility index (Phi) is 3.38. The van der Waals surface area contributed by atoms with E-state index in [4.69, 9.17) is 0 Å². The molecule has 106 valence electrons. The van der Waals surface area contributed by atoms with E-state index in [9.17, 15) is 0 Å². The van der Waals surface area contributed by atoms with Crippen molar-refractivity contribution in [2.45, 2.75) is 39.3 Å². The van der Waals surface area contributed by atoms with Crippen molar-refractivity contribution >= 4 is 0 Å². The Balaban J connectivity index is 1.82. The number of benzene rings is 1. The molecule has 0 fully saturated rings. The van der Waals surface area contributed by atoms with Gasteiger partial charge in [-0.3, -0.25) is 4.68 Å². The van der Waals surface area contributed by atoms with Crippen LogP contribution in [-0.4, -0.2) is 9.78 Å². The fourth-order valence-electron chi connectivity index (χ4n) is 3.23. The third-order valence-corrected chi connectivity index (χ3v) is 4.45. The Bertz CT molecular complexity index is 598. The molecule has 1 aromatic heterocycles. The molecule has 0 radical (unpaired) electrons. The first-order chi connectivity index (χ1) is 9.56. The van der Waals surface area contributed by atoms with Crippen molar-refractivity contribution in [3.8, 4) is 0 Å². The van der Waals surface area contributed by atoms with Gasteiger partial charge in [-0.05, 0) is 29.4 Å². The van der Waals surface area contributed by atoms with Crippen LogP contribution in [0.5, 0.6) is 0 Å². The molecule has 2 aromatic rings.